The van der Waals surface area contributed by atoms with Gasteiger partial charge in [0.15, 0.2) is 11.5 Å². The van der Waals surface area contributed by atoms with Gasteiger partial charge in [-0.15, -0.1) is 0 Å². The number of ether oxygens (including phenoxy) is 2. The molecule has 1 aliphatic heterocycles. The molecule has 36 heavy (non-hydrogen) atoms. The van der Waals surface area contributed by atoms with Gasteiger partial charge in [-0.05, 0) is 50.0 Å². The van der Waals surface area contributed by atoms with E-state index in [1.54, 1.807) is 0 Å². The third kappa shape index (κ3) is 6.12. The molecule has 3 aromatic rings. The summed E-state index contributed by atoms with van der Waals surface area (Å²) >= 11 is 0. The molecule has 0 bridgehead atoms. The zero-order chi connectivity index (χ0) is 25.7. The fraction of sp³-hybridized carbons (Fsp3) is 0.400. The molecule has 1 amide bonds. The average molecular weight is 488 g/mol. The molecule has 1 unspecified atom stereocenters. The van der Waals surface area contributed by atoms with Crippen LogP contribution < -0.4 is 5.32 Å². The minimum Gasteiger partial charge on any atom is -0.347 e. The number of para-hydroxylation sites is 1. The maximum atomic E-state index is 13.4. The molecule has 2 atom stereocenters. The van der Waals surface area contributed by atoms with Crippen LogP contribution in [0.15, 0.2) is 66.7 Å². The molecule has 2 aromatic carbocycles. The molecule has 0 radical (unpaired) electrons. The summed E-state index contributed by atoms with van der Waals surface area (Å²) in [5.74, 6) is -0.729. The predicted octanol–water partition coefficient (Wildman–Crippen LogP) is 6.26. The summed E-state index contributed by atoms with van der Waals surface area (Å²) in [6, 6.07) is 19.8. The zero-order valence-corrected chi connectivity index (χ0v) is 21.9. The summed E-state index contributed by atoms with van der Waals surface area (Å²) in [6.45, 7) is 10.7. The third-order valence-electron chi connectivity index (χ3n) is 6.35. The highest BCUT2D eigenvalue weighted by molar-refractivity contribution is 5.95. The Hall–Kier alpha value is -3.22. The Kier molecular flexibility index (Phi) is 8.07. The first kappa shape index (κ1) is 25.9. The Balaban J connectivity index is 1.70. The first-order valence-corrected chi connectivity index (χ1v) is 12.8. The van der Waals surface area contributed by atoms with E-state index in [1.807, 2.05) is 79.2 Å². The van der Waals surface area contributed by atoms with Gasteiger partial charge < -0.3 is 14.8 Å². The summed E-state index contributed by atoms with van der Waals surface area (Å²) in [6.07, 6.45) is 5.92. The van der Waals surface area contributed by atoms with Crippen LogP contribution in [0.3, 0.4) is 0 Å². The lowest BCUT2D eigenvalue weighted by Crippen LogP contribution is -2.43. The highest BCUT2D eigenvalue weighted by Gasteiger charge is 2.34. The topological polar surface area (TPSA) is 65.4 Å². The molecular weight excluding hydrogens is 450 g/mol. The Morgan fingerprint density at radius 3 is 2.42 bits per heavy atom. The Morgan fingerprint density at radius 2 is 1.78 bits per heavy atom. The van der Waals surface area contributed by atoms with E-state index < -0.39 is 5.79 Å². The smallest absolute Gasteiger partial charge is 0.272 e. The molecule has 2 heterocycles. The highest BCUT2D eigenvalue weighted by Crippen LogP contribution is 2.31. The first-order chi connectivity index (χ1) is 17.3. The molecule has 6 heteroatoms. The number of hydrogen-bond acceptors (Lipinski definition) is 4. The van der Waals surface area contributed by atoms with Gasteiger partial charge in [-0.2, -0.15) is 5.10 Å². The van der Waals surface area contributed by atoms with Gasteiger partial charge in [0.2, 0.25) is 0 Å². The molecule has 1 N–H and O–H groups in total. The molecule has 1 aromatic heterocycles. The van der Waals surface area contributed by atoms with Gasteiger partial charge in [0.25, 0.3) is 5.91 Å². The van der Waals surface area contributed by atoms with E-state index in [9.17, 15) is 4.79 Å². The van der Waals surface area contributed by atoms with E-state index in [1.165, 1.54) is 0 Å². The van der Waals surface area contributed by atoms with E-state index >= 15 is 0 Å². The summed E-state index contributed by atoms with van der Waals surface area (Å²) in [5, 5.41) is 7.88. The van der Waals surface area contributed by atoms with Crippen molar-refractivity contribution in [1.29, 1.82) is 0 Å². The van der Waals surface area contributed by atoms with Crippen molar-refractivity contribution in [3.8, 4) is 5.69 Å². The van der Waals surface area contributed by atoms with Gasteiger partial charge in [0, 0.05) is 18.5 Å². The van der Waals surface area contributed by atoms with Gasteiger partial charge >= 0.3 is 0 Å². The minimum atomic E-state index is -0.642. The lowest BCUT2D eigenvalue weighted by atomic mass is 9.98. The van der Waals surface area contributed by atoms with E-state index in [0.29, 0.717) is 12.2 Å². The Bertz CT molecular complexity index is 1180. The number of carbonyl (C=O) groups excluding carboxylic acids is 1. The zero-order valence-electron chi connectivity index (χ0n) is 21.9. The van der Waals surface area contributed by atoms with Crippen LogP contribution in [0.2, 0.25) is 0 Å². The van der Waals surface area contributed by atoms with Crippen LogP contribution in [-0.4, -0.2) is 33.7 Å². The summed E-state index contributed by atoms with van der Waals surface area (Å²) < 4.78 is 14.1. The molecule has 1 saturated heterocycles. The standard InChI is InChI=1S/C30H37N3O3/c1-6-24-19-25(36-30(4,5)35-24)17-18-26-27(21(2)3)28(32-33(26)23-15-11-8-12-16-23)29(34)31-20-22-13-9-7-10-14-22/h7-18,21,24-25H,6,19-20H2,1-5H3,(H,31,34)/b18-17+/t24-,25?/m0/s1. The molecule has 1 fully saturated rings. The van der Waals surface area contributed by atoms with Crippen LogP contribution in [0.25, 0.3) is 11.8 Å². The number of nitrogens with one attached hydrogen (secondary N) is 1. The van der Waals surface area contributed by atoms with Gasteiger partial charge in [-0.25, -0.2) is 4.68 Å². The van der Waals surface area contributed by atoms with Crippen LogP contribution in [0.5, 0.6) is 0 Å². The maximum Gasteiger partial charge on any atom is 0.272 e. The molecule has 1 aliphatic rings. The Labute approximate surface area is 214 Å². The van der Waals surface area contributed by atoms with Crippen molar-refractivity contribution in [2.75, 3.05) is 0 Å². The van der Waals surface area contributed by atoms with E-state index in [2.05, 4.69) is 38.2 Å². The van der Waals surface area contributed by atoms with Crippen molar-refractivity contribution < 1.29 is 14.3 Å². The van der Waals surface area contributed by atoms with Crippen LogP contribution in [0.1, 0.15) is 80.7 Å². The largest absolute Gasteiger partial charge is 0.347 e. The second kappa shape index (κ2) is 11.2. The van der Waals surface area contributed by atoms with Crippen molar-refractivity contribution in [1.82, 2.24) is 15.1 Å². The summed E-state index contributed by atoms with van der Waals surface area (Å²) in [5.41, 5.74) is 4.20. The molecule has 6 nitrogen and oxygen atoms in total. The number of aromatic nitrogens is 2. The van der Waals surface area contributed by atoms with Gasteiger partial charge in [0.05, 0.1) is 23.6 Å². The lowest BCUT2D eigenvalue weighted by Gasteiger charge is -2.39. The van der Waals surface area contributed by atoms with Crippen LogP contribution in [-0.2, 0) is 16.0 Å². The fourth-order valence-electron chi connectivity index (χ4n) is 4.68. The Morgan fingerprint density at radius 1 is 1.11 bits per heavy atom. The van der Waals surface area contributed by atoms with Gasteiger partial charge in [-0.3, -0.25) is 4.79 Å². The molecular formula is C30H37N3O3. The van der Waals surface area contributed by atoms with Crippen molar-refractivity contribution in [3.05, 3.63) is 89.3 Å². The third-order valence-corrected chi connectivity index (χ3v) is 6.35. The maximum absolute atomic E-state index is 13.4. The summed E-state index contributed by atoms with van der Waals surface area (Å²) in [4.78, 5) is 13.4. The molecule has 4 rings (SSSR count). The number of hydrogen-bond donors (Lipinski definition) is 1. The number of benzene rings is 2. The van der Waals surface area contributed by atoms with Gasteiger partial charge in [0.1, 0.15) is 0 Å². The second-order valence-corrected chi connectivity index (χ2v) is 10.0. The van der Waals surface area contributed by atoms with E-state index in [0.717, 1.165) is 35.3 Å². The van der Waals surface area contributed by atoms with E-state index in [-0.39, 0.29) is 24.0 Å². The lowest BCUT2D eigenvalue weighted by molar-refractivity contribution is -0.290. The van der Waals surface area contributed by atoms with Crippen molar-refractivity contribution in [2.45, 2.75) is 77.9 Å². The normalized spacial score (nSPS) is 19.6. The van der Waals surface area contributed by atoms with Crippen molar-refractivity contribution >= 4 is 12.0 Å². The SMILES string of the molecule is CC[C@H]1CC(/C=C/c2c(C(C)C)c(C(=O)NCc3ccccc3)nn2-c2ccccc2)OC(C)(C)O1. The number of nitrogens with zero attached hydrogens (tertiary/aromatic N) is 2. The number of amides is 1. The highest BCUT2D eigenvalue weighted by atomic mass is 16.7. The molecule has 0 saturated carbocycles. The first-order valence-electron chi connectivity index (χ1n) is 12.8. The van der Waals surface area contributed by atoms with Crippen LogP contribution in [0, 0.1) is 0 Å². The van der Waals surface area contributed by atoms with Crippen molar-refractivity contribution in [2.24, 2.45) is 0 Å². The number of carbonyl (C=O) groups is 1. The fourth-order valence-corrected chi connectivity index (χ4v) is 4.68. The monoisotopic (exact) mass is 487 g/mol. The van der Waals surface area contributed by atoms with Crippen LogP contribution in [0.4, 0.5) is 0 Å². The van der Waals surface area contributed by atoms with E-state index in [4.69, 9.17) is 14.6 Å². The predicted molar refractivity (Wildman–Crippen MR) is 143 cm³/mol. The molecule has 0 spiro atoms. The molecule has 0 aliphatic carbocycles. The van der Waals surface area contributed by atoms with Gasteiger partial charge in [-0.1, -0.05) is 75.4 Å². The average Bonchev–Trinajstić information content (AvgIpc) is 3.26. The second-order valence-electron chi connectivity index (χ2n) is 10.0. The number of rotatable bonds is 8. The molecule has 190 valence electrons. The van der Waals surface area contributed by atoms with Crippen LogP contribution >= 0.6 is 0 Å². The summed E-state index contributed by atoms with van der Waals surface area (Å²) in [7, 11) is 0. The quantitative estimate of drug-likeness (QED) is 0.407. The minimum absolute atomic E-state index is 0.0896. The van der Waals surface area contributed by atoms with Crippen molar-refractivity contribution in [3.63, 3.8) is 0 Å².